The van der Waals surface area contributed by atoms with Crippen molar-refractivity contribution >= 4 is 17.7 Å². The predicted octanol–water partition coefficient (Wildman–Crippen LogP) is 5.49. The Morgan fingerprint density at radius 1 is 1.00 bits per heavy atom. The molecular weight excluding hydrogens is 302 g/mol. The van der Waals surface area contributed by atoms with Crippen LogP contribution in [0.1, 0.15) is 23.1 Å². The molecule has 1 aliphatic rings. The van der Waals surface area contributed by atoms with E-state index in [4.69, 9.17) is 11.6 Å². The summed E-state index contributed by atoms with van der Waals surface area (Å²) in [5.41, 5.74) is 5.32. The highest BCUT2D eigenvalue weighted by molar-refractivity contribution is 6.30. The number of aryl methyl sites for hydroxylation is 1. The fraction of sp³-hybridized carbons (Fsp3) is 0.238. The Morgan fingerprint density at radius 2 is 1.74 bits per heavy atom. The summed E-state index contributed by atoms with van der Waals surface area (Å²) in [6, 6.07) is 16.8. The van der Waals surface area contributed by atoms with E-state index in [2.05, 4.69) is 66.4 Å². The third-order valence-corrected chi connectivity index (χ3v) is 4.47. The molecule has 1 heterocycles. The summed E-state index contributed by atoms with van der Waals surface area (Å²) in [6.07, 6.45) is 7.91. The van der Waals surface area contributed by atoms with Crippen molar-refractivity contribution in [1.29, 1.82) is 0 Å². The van der Waals surface area contributed by atoms with Gasteiger partial charge < -0.3 is 0 Å². The van der Waals surface area contributed by atoms with Crippen LogP contribution >= 0.6 is 11.6 Å². The van der Waals surface area contributed by atoms with Gasteiger partial charge in [0.1, 0.15) is 0 Å². The number of allylic oxidation sites excluding steroid dienone is 1. The summed E-state index contributed by atoms with van der Waals surface area (Å²) in [4.78, 5) is 2.46. The van der Waals surface area contributed by atoms with Gasteiger partial charge in [-0.2, -0.15) is 0 Å². The lowest BCUT2D eigenvalue weighted by atomic mass is 10.0. The summed E-state index contributed by atoms with van der Waals surface area (Å²) in [5, 5.41) is 0.802. The summed E-state index contributed by atoms with van der Waals surface area (Å²) < 4.78 is 0. The first-order valence-corrected chi connectivity index (χ1v) is 8.47. The van der Waals surface area contributed by atoms with E-state index in [-0.39, 0.29) is 0 Å². The van der Waals surface area contributed by atoms with Crippen LogP contribution in [0.3, 0.4) is 0 Å². The van der Waals surface area contributed by atoms with Crippen LogP contribution in [0, 0.1) is 6.92 Å². The Hall–Kier alpha value is -1.83. The normalized spacial score (nSPS) is 15.8. The summed E-state index contributed by atoms with van der Waals surface area (Å²) in [5.74, 6) is 0. The molecule has 2 heteroatoms. The van der Waals surface area contributed by atoms with Crippen LogP contribution in [0.5, 0.6) is 0 Å². The first-order valence-electron chi connectivity index (χ1n) is 8.10. The molecule has 0 unspecified atom stereocenters. The van der Waals surface area contributed by atoms with Gasteiger partial charge in [-0.25, -0.2) is 0 Å². The number of hydrogen-bond acceptors (Lipinski definition) is 1. The van der Waals surface area contributed by atoms with Crippen molar-refractivity contribution in [2.75, 3.05) is 13.1 Å². The molecule has 0 bridgehead atoms. The molecule has 1 aliphatic heterocycles. The van der Waals surface area contributed by atoms with Gasteiger partial charge in [0.15, 0.2) is 0 Å². The van der Waals surface area contributed by atoms with Crippen molar-refractivity contribution in [3.05, 3.63) is 88.0 Å². The molecule has 0 N–H and O–H groups in total. The molecule has 0 radical (unpaired) electrons. The second-order valence-electron chi connectivity index (χ2n) is 6.13. The quantitative estimate of drug-likeness (QED) is 0.718. The zero-order valence-corrected chi connectivity index (χ0v) is 14.3. The molecule has 0 aliphatic carbocycles. The monoisotopic (exact) mass is 323 g/mol. The highest BCUT2D eigenvalue weighted by Gasteiger charge is 2.10. The number of hydrogen-bond donors (Lipinski definition) is 0. The third-order valence-electron chi connectivity index (χ3n) is 4.22. The average molecular weight is 324 g/mol. The van der Waals surface area contributed by atoms with Crippen molar-refractivity contribution < 1.29 is 0 Å². The summed E-state index contributed by atoms with van der Waals surface area (Å²) >= 11 is 5.94. The predicted molar refractivity (Wildman–Crippen MR) is 99.6 cm³/mol. The molecule has 0 saturated heterocycles. The molecule has 0 amide bonds. The van der Waals surface area contributed by atoms with E-state index in [0.29, 0.717) is 0 Å². The van der Waals surface area contributed by atoms with E-state index in [0.717, 1.165) is 31.1 Å². The number of nitrogens with zero attached hydrogens (tertiary/aromatic N) is 1. The highest BCUT2D eigenvalue weighted by atomic mass is 35.5. The number of halogens is 1. The Labute approximate surface area is 143 Å². The van der Waals surface area contributed by atoms with E-state index in [1.165, 1.54) is 22.3 Å². The zero-order valence-electron chi connectivity index (χ0n) is 13.5. The van der Waals surface area contributed by atoms with Gasteiger partial charge in [0.25, 0.3) is 0 Å². The van der Waals surface area contributed by atoms with Crippen LogP contribution in [0.15, 0.2) is 66.3 Å². The second kappa shape index (κ2) is 7.63. The first kappa shape index (κ1) is 16.0. The maximum atomic E-state index is 5.94. The van der Waals surface area contributed by atoms with Crippen LogP contribution in [0.4, 0.5) is 0 Å². The largest absolute Gasteiger partial charge is 0.295 e. The molecule has 3 rings (SSSR count). The molecule has 118 valence electrons. The molecule has 0 spiro atoms. The lowest BCUT2D eigenvalue weighted by molar-refractivity contribution is 0.287. The van der Waals surface area contributed by atoms with Crippen LogP contribution < -0.4 is 0 Å². The van der Waals surface area contributed by atoms with Crippen LogP contribution in [0.25, 0.3) is 6.08 Å². The molecular formula is C21H22ClN. The van der Waals surface area contributed by atoms with E-state index in [9.17, 15) is 0 Å². The third kappa shape index (κ3) is 4.82. The van der Waals surface area contributed by atoms with Crippen molar-refractivity contribution in [3.63, 3.8) is 0 Å². The van der Waals surface area contributed by atoms with Crippen molar-refractivity contribution in [2.45, 2.75) is 19.9 Å². The van der Waals surface area contributed by atoms with Gasteiger partial charge in [-0.05, 0) is 42.2 Å². The Bertz CT molecular complexity index is 696. The van der Waals surface area contributed by atoms with Gasteiger partial charge in [0.05, 0.1) is 0 Å². The number of benzene rings is 2. The van der Waals surface area contributed by atoms with Crippen LogP contribution in [-0.4, -0.2) is 18.0 Å². The van der Waals surface area contributed by atoms with Gasteiger partial charge in [-0.15, -0.1) is 0 Å². The van der Waals surface area contributed by atoms with Crippen molar-refractivity contribution in [2.24, 2.45) is 0 Å². The Morgan fingerprint density at radius 3 is 2.39 bits per heavy atom. The zero-order chi connectivity index (χ0) is 16.1. The minimum Gasteiger partial charge on any atom is -0.295 e. The molecule has 2 aromatic carbocycles. The van der Waals surface area contributed by atoms with E-state index in [1.54, 1.807) is 0 Å². The van der Waals surface area contributed by atoms with E-state index >= 15 is 0 Å². The van der Waals surface area contributed by atoms with Gasteiger partial charge >= 0.3 is 0 Å². The molecule has 0 aromatic heterocycles. The van der Waals surface area contributed by atoms with Crippen LogP contribution in [-0.2, 0) is 6.54 Å². The summed E-state index contributed by atoms with van der Waals surface area (Å²) in [6.45, 7) is 5.22. The smallest absolute Gasteiger partial charge is 0.0406 e. The average Bonchev–Trinajstić information content (AvgIpc) is 2.58. The number of rotatable bonds is 4. The lowest BCUT2D eigenvalue weighted by Crippen LogP contribution is -2.27. The minimum absolute atomic E-state index is 0.802. The minimum atomic E-state index is 0.802. The Kier molecular flexibility index (Phi) is 5.32. The SMILES string of the molecule is Cc1ccc(/C=C/C2=CCN(Cc3ccc(Cl)cc3)CC2)cc1. The molecule has 1 nitrogen and oxygen atoms in total. The maximum Gasteiger partial charge on any atom is 0.0406 e. The molecule has 0 saturated carbocycles. The van der Waals surface area contributed by atoms with Gasteiger partial charge in [-0.3, -0.25) is 4.90 Å². The fourth-order valence-corrected chi connectivity index (χ4v) is 2.88. The van der Waals surface area contributed by atoms with Gasteiger partial charge in [0, 0.05) is 24.7 Å². The lowest BCUT2D eigenvalue weighted by Gasteiger charge is -2.25. The van der Waals surface area contributed by atoms with E-state index < -0.39 is 0 Å². The standard InChI is InChI=1S/C21H22ClN/c1-17-2-4-18(5-3-17)6-7-19-12-14-23(15-13-19)16-20-8-10-21(22)11-9-20/h2-12H,13-16H2,1H3/b7-6+. The highest BCUT2D eigenvalue weighted by Crippen LogP contribution is 2.17. The topological polar surface area (TPSA) is 3.24 Å². The van der Waals surface area contributed by atoms with E-state index in [1.807, 2.05) is 12.1 Å². The molecule has 2 aromatic rings. The maximum absolute atomic E-state index is 5.94. The fourth-order valence-electron chi connectivity index (χ4n) is 2.75. The van der Waals surface area contributed by atoms with Crippen molar-refractivity contribution in [1.82, 2.24) is 4.90 Å². The summed E-state index contributed by atoms with van der Waals surface area (Å²) in [7, 11) is 0. The molecule has 23 heavy (non-hydrogen) atoms. The van der Waals surface area contributed by atoms with Gasteiger partial charge in [-0.1, -0.05) is 71.8 Å². The van der Waals surface area contributed by atoms with Gasteiger partial charge in [0.2, 0.25) is 0 Å². The first-order chi connectivity index (χ1) is 11.2. The second-order valence-corrected chi connectivity index (χ2v) is 6.57. The molecule has 0 atom stereocenters. The Balaban J connectivity index is 1.55. The van der Waals surface area contributed by atoms with Crippen molar-refractivity contribution in [3.8, 4) is 0 Å². The van der Waals surface area contributed by atoms with Crippen LogP contribution in [0.2, 0.25) is 5.02 Å². The molecule has 0 fully saturated rings.